The summed E-state index contributed by atoms with van der Waals surface area (Å²) in [6.07, 6.45) is 3.08. The first-order valence-electron chi connectivity index (χ1n) is 5.73. The van der Waals surface area contributed by atoms with Crippen LogP contribution in [0.1, 0.15) is 31.7 Å². The number of fused-ring (bicyclic) bond motifs is 1. The van der Waals surface area contributed by atoms with Crippen molar-refractivity contribution in [2.45, 2.75) is 31.8 Å². The van der Waals surface area contributed by atoms with E-state index in [4.69, 9.17) is 4.74 Å². The second-order valence-electron chi connectivity index (χ2n) is 4.69. The number of carbonyl (C=O) groups is 1. The summed E-state index contributed by atoms with van der Waals surface area (Å²) in [6.45, 7) is 2.03. The van der Waals surface area contributed by atoms with Crippen LogP contribution in [0.5, 0.6) is 0 Å². The van der Waals surface area contributed by atoms with Crippen LogP contribution in [0, 0.1) is 0 Å². The molecular formula is C14H14O2. The largest absolute Gasteiger partial charge is 0.451 e. The first-order chi connectivity index (χ1) is 7.71. The van der Waals surface area contributed by atoms with Crippen LogP contribution < -0.4 is 0 Å². The van der Waals surface area contributed by atoms with Gasteiger partial charge < -0.3 is 4.74 Å². The molecule has 1 aliphatic carbocycles. The number of rotatable bonds is 1. The molecule has 1 aromatic carbocycles. The topological polar surface area (TPSA) is 26.3 Å². The summed E-state index contributed by atoms with van der Waals surface area (Å²) in [5.41, 5.74) is 2.68. The Bertz CT molecular complexity index is 473. The molecule has 0 radical (unpaired) electrons. The molecule has 0 amide bonds. The molecule has 2 aliphatic rings. The molecule has 1 unspecified atom stereocenters. The van der Waals surface area contributed by atoms with Crippen molar-refractivity contribution in [3.8, 4) is 0 Å². The standard InChI is InChI=1S/C14H14O2/c1-14-9-5-8-11(14)12(13(15)16-14)10-6-3-2-4-7-10/h2-4,6-7H,5,8-9H2,1H3. The lowest BCUT2D eigenvalue weighted by molar-refractivity contribution is -0.143. The third kappa shape index (κ3) is 1.22. The van der Waals surface area contributed by atoms with Gasteiger partial charge in [-0.1, -0.05) is 30.3 Å². The van der Waals surface area contributed by atoms with Gasteiger partial charge in [0.2, 0.25) is 0 Å². The van der Waals surface area contributed by atoms with E-state index in [1.165, 1.54) is 5.57 Å². The maximum absolute atomic E-state index is 11.9. The van der Waals surface area contributed by atoms with E-state index in [0.717, 1.165) is 30.4 Å². The van der Waals surface area contributed by atoms with Crippen molar-refractivity contribution in [2.24, 2.45) is 0 Å². The van der Waals surface area contributed by atoms with E-state index in [-0.39, 0.29) is 11.6 Å². The average Bonchev–Trinajstić information content (AvgIpc) is 2.72. The molecule has 0 saturated heterocycles. The van der Waals surface area contributed by atoms with Crippen LogP contribution in [-0.4, -0.2) is 11.6 Å². The van der Waals surface area contributed by atoms with E-state index >= 15 is 0 Å². The number of ether oxygens (including phenoxy) is 1. The molecule has 0 aromatic heterocycles. The summed E-state index contributed by atoms with van der Waals surface area (Å²) in [5.74, 6) is -0.150. The van der Waals surface area contributed by atoms with E-state index in [1.54, 1.807) is 0 Å². The van der Waals surface area contributed by atoms with Gasteiger partial charge in [0, 0.05) is 0 Å². The van der Waals surface area contributed by atoms with Gasteiger partial charge in [0.25, 0.3) is 0 Å². The van der Waals surface area contributed by atoms with Crippen molar-refractivity contribution >= 4 is 11.5 Å². The lowest BCUT2D eigenvalue weighted by Gasteiger charge is -2.18. The summed E-state index contributed by atoms with van der Waals surface area (Å²) >= 11 is 0. The monoisotopic (exact) mass is 214 g/mol. The Morgan fingerprint density at radius 1 is 1.25 bits per heavy atom. The van der Waals surface area contributed by atoms with E-state index in [0.29, 0.717) is 0 Å². The maximum atomic E-state index is 11.9. The molecule has 1 saturated carbocycles. The lowest BCUT2D eigenvalue weighted by atomic mass is 9.94. The zero-order chi connectivity index (χ0) is 11.2. The highest BCUT2D eigenvalue weighted by Gasteiger charge is 2.46. The van der Waals surface area contributed by atoms with Gasteiger partial charge >= 0.3 is 5.97 Å². The Labute approximate surface area is 94.9 Å². The molecule has 0 bridgehead atoms. The summed E-state index contributed by atoms with van der Waals surface area (Å²) in [6, 6.07) is 9.84. The summed E-state index contributed by atoms with van der Waals surface area (Å²) in [7, 11) is 0. The normalized spacial score (nSPS) is 28.2. The summed E-state index contributed by atoms with van der Waals surface area (Å²) < 4.78 is 5.53. The van der Waals surface area contributed by atoms with Crippen molar-refractivity contribution in [1.82, 2.24) is 0 Å². The fourth-order valence-corrected chi connectivity index (χ4v) is 2.80. The van der Waals surface area contributed by atoms with Gasteiger partial charge in [-0.3, -0.25) is 0 Å². The zero-order valence-corrected chi connectivity index (χ0v) is 9.32. The SMILES string of the molecule is CC12CCCC1=C(c1ccccc1)C(=O)O2. The smallest absolute Gasteiger partial charge is 0.339 e. The number of carbonyl (C=O) groups excluding carboxylic acids is 1. The van der Waals surface area contributed by atoms with Crippen LogP contribution >= 0.6 is 0 Å². The quantitative estimate of drug-likeness (QED) is 0.672. The third-order valence-corrected chi connectivity index (χ3v) is 3.61. The highest BCUT2D eigenvalue weighted by atomic mass is 16.6. The van der Waals surface area contributed by atoms with Gasteiger partial charge in [0.1, 0.15) is 5.60 Å². The van der Waals surface area contributed by atoms with Gasteiger partial charge in [-0.15, -0.1) is 0 Å². The molecule has 3 rings (SSSR count). The molecular weight excluding hydrogens is 200 g/mol. The van der Waals surface area contributed by atoms with Gasteiger partial charge in [-0.25, -0.2) is 4.79 Å². The molecule has 1 aromatic rings. The summed E-state index contributed by atoms with van der Waals surface area (Å²) in [4.78, 5) is 11.9. The van der Waals surface area contributed by atoms with E-state index in [2.05, 4.69) is 0 Å². The Morgan fingerprint density at radius 3 is 2.75 bits per heavy atom. The fourth-order valence-electron chi connectivity index (χ4n) is 2.80. The Morgan fingerprint density at radius 2 is 2.00 bits per heavy atom. The molecule has 2 heteroatoms. The van der Waals surface area contributed by atoms with Crippen LogP contribution in [-0.2, 0) is 9.53 Å². The van der Waals surface area contributed by atoms with Crippen LogP contribution in [0.15, 0.2) is 35.9 Å². The second kappa shape index (κ2) is 3.21. The predicted molar refractivity (Wildman–Crippen MR) is 61.7 cm³/mol. The Hall–Kier alpha value is -1.57. The van der Waals surface area contributed by atoms with Crippen molar-refractivity contribution in [3.05, 3.63) is 41.5 Å². The molecule has 16 heavy (non-hydrogen) atoms. The predicted octanol–water partition coefficient (Wildman–Crippen LogP) is 2.94. The van der Waals surface area contributed by atoms with Crippen molar-refractivity contribution in [3.63, 3.8) is 0 Å². The minimum absolute atomic E-state index is 0.150. The fraction of sp³-hybridized carbons (Fsp3) is 0.357. The minimum atomic E-state index is -0.317. The Kier molecular flexibility index (Phi) is 1.93. The van der Waals surface area contributed by atoms with Crippen LogP contribution in [0.2, 0.25) is 0 Å². The molecule has 1 fully saturated rings. The first kappa shape index (κ1) is 9.64. The van der Waals surface area contributed by atoms with Gasteiger partial charge in [0.15, 0.2) is 0 Å². The highest BCUT2D eigenvalue weighted by Crippen LogP contribution is 2.47. The zero-order valence-electron chi connectivity index (χ0n) is 9.32. The molecule has 1 aliphatic heterocycles. The second-order valence-corrected chi connectivity index (χ2v) is 4.69. The molecule has 0 N–H and O–H groups in total. The minimum Gasteiger partial charge on any atom is -0.451 e. The molecule has 82 valence electrons. The number of benzene rings is 1. The Balaban J connectivity index is 2.16. The average molecular weight is 214 g/mol. The van der Waals surface area contributed by atoms with E-state index < -0.39 is 0 Å². The third-order valence-electron chi connectivity index (χ3n) is 3.61. The molecule has 1 heterocycles. The van der Waals surface area contributed by atoms with Crippen LogP contribution in [0.25, 0.3) is 5.57 Å². The lowest BCUT2D eigenvalue weighted by Crippen LogP contribution is -2.23. The van der Waals surface area contributed by atoms with Crippen molar-refractivity contribution < 1.29 is 9.53 Å². The van der Waals surface area contributed by atoms with Crippen molar-refractivity contribution in [2.75, 3.05) is 0 Å². The van der Waals surface area contributed by atoms with E-state index in [1.807, 2.05) is 37.3 Å². The van der Waals surface area contributed by atoms with Crippen molar-refractivity contribution in [1.29, 1.82) is 0 Å². The maximum Gasteiger partial charge on any atom is 0.339 e. The number of hydrogen-bond donors (Lipinski definition) is 0. The van der Waals surface area contributed by atoms with Crippen LogP contribution in [0.4, 0.5) is 0 Å². The van der Waals surface area contributed by atoms with Crippen LogP contribution in [0.3, 0.4) is 0 Å². The number of esters is 1. The van der Waals surface area contributed by atoms with E-state index in [9.17, 15) is 4.79 Å². The molecule has 1 atom stereocenters. The van der Waals surface area contributed by atoms with Gasteiger partial charge in [-0.2, -0.15) is 0 Å². The highest BCUT2D eigenvalue weighted by molar-refractivity contribution is 6.20. The summed E-state index contributed by atoms with van der Waals surface area (Å²) in [5, 5.41) is 0. The van der Waals surface area contributed by atoms with Gasteiger partial charge in [-0.05, 0) is 37.3 Å². The van der Waals surface area contributed by atoms with Gasteiger partial charge in [0.05, 0.1) is 5.57 Å². The number of hydrogen-bond acceptors (Lipinski definition) is 2. The molecule has 2 nitrogen and oxygen atoms in total. The molecule has 0 spiro atoms. The first-order valence-corrected chi connectivity index (χ1v) is 5.73.